The van der Waals surface area contributed by atoms with Gasteiger partial charge < -0.3 is 0 Å². The van der Waals surface area contributed by atoms with Crippen LogP contribution < -0.4 is 5.30 Å². The van der Waals surface area contributed by atoms with E-state index in [1.54, 1.807) is 36.4 Å². The van der Waals surface area contributed by atoms with Crippen molar-refractivity contribution in [2.24, 2.45) is 5.18 Å². The average Bonchev–Trinajstić information content (AvgIpc) is 2.29. The molecule has 1 unspecified atom stereocenters. The molecule has 0 aromatic heterocycles. The van der Waals surface area contributed by atoms with Crippen LogP contribution in [0.2, 0.25) is 0 Å². The van der Waals surface area contributed by atoms with Gasteiger partial charge in [0.15, 0.2) is 0 Å². The summed E-state index contributed by atoms with van der Waals surface area (Å²) in [6.07, 6.45) is 0. The fourth-order valence-corrected chi connectivity index (χ4v) is 1.77. The third kappa shape index (κ3) is 2.00. The van der Waals surface area contributed by atoms with Gasteiger partial charge in [-0.2, -0.15) is 0 Å². The van der Waals surface area contributed by atoms with E-state index >= 15 is 0 Å². The molecule has 0 radical (unpaired) electrons. The van der Waals surface area contributed by atoms with Crippen molar-refractivity contribution in [3.8, 4) is 11.1 Å². The van der Waals surface area contributed by atoms with Crippen LogP contribution in [0.15, 0.2) is 47.6 Å². The number of benzene rings is 2. The van der Waals surface area contributed by atoms with Gasteiger partial charge in [0.2, 0.25) is 0 Å². The van der Waals surface area contributed by atoms with E-state index in [0.29, 0.717) is 11.1 Å². The van der Waals surface area contributed by atoms with Crippen molar-refractivity contribution < 1.29 is 4.39 Å². The molecule has 0 heterocycles. The Kier molecular flexibility index (Phi) is 3.07. The Morgan fingerprint density at radius 1 is 1.06 bits per heavy atom. The summed E-state index contributed by atoms with van der Waals surface area (Å²) in [6.45, 7) is 0. The zero-order valence-electron chi connectivity index (χ0n) is 8.35. The highest BCUT2D eigenvalue weighted by molar-refractivity contribution is 7.27. The lowest BCUT2D eigenvalue weighted by atomic mass is 10.0. The normalized spacial score (nSPS) is 10.1. The third-order valence-corrected chi connectivity index (χ3v) is 2.64. The van der Waals surface area contributed by atoms with Crippen LogP contribution >= 0.6 is 9.24 Å². The molecule has 2 aromatic rings. The summed E-state index contributed by atoms with van der Waals surface area (Å²) in [7, 11) is 2.42. The summed E-state index contributed by atoms with van der Waals surface area (Å²) in [5.41, 5.74) is 1.15. The van der Waals surface area contributed by atoms with Crippen LogP contribution in [-0.2, 0) is 0 Å². The molecule has 2 nitrogen and oxygen atoms in total. The third-order valence-electron chi connectivity index (χ3n) is 2.29. The molecule has 16 heavy (non-hydrogen) atoms. The Morgan fingerprint density at radius 2 is 1.81 bits per heavy atom. The highest BCUT2D eigenvalue weighted by atomic mass is 31.0. The lowest BCUT2D eigenvalue weighted by Crippen LogP contribution is -1.93. The monoisotopic (exact) mass is 233 g/mol. The van der Waals surface area contributed by atoms with E-state index in [2.05, 4.69) is 14.4 Å². The number of hydrogen-bond donors (Lipinski definition) is 0. The molecule has 0 bridgehead atoms. The molecule has 0 N–H and O–H groups in total. The van der Waals surface area contributed by atoms with Crippen LogP contribution in [0.3, 0.4) is 0 Å². The van der Waals surface area contributed by atoms with E-state index in [9.17, 15) is 9.30 Å². The van der Waals surface area contributed by atoms with Gasteiger partial charge in [-0.3, -0.25) is 0 Å². The summed E-state index contributed by atoms with van der Waals surface area (Å²) in [4.78, 5) is 10.6. The largest absolute Gasteiger partial charge is 0.206 e. The van der Waals surface area contributed by atoms with E-state index in [4.69, 9.17) is 0 Å². The topological polar surface area (TPSA) is 29.4 Å². The molecule has 0 saturated heterocycles. The Morgan fingerprint density at radius 3 is 2.50 bits per heavy atom. The van der Waals surface area contributed by atoms with Crippen LogP contribution in [0, 0.1) is 10.7 Å². The van der Waals surface area contributed by atoms with Crippen LogP contribution in [0.5, 0.6) is 0 Å². The zero-order chi connectivity index (χ0) is 11.5. The minimum atomic E-state index is -0.358. The van der Waals surface area contributed by atoms with E-state index in [1.807, 2.05) is 0 Å². The van der Waals surface area contributed by atoms with Crippen molar-refractivity contribution >= 4 is 20.2 Å². The molecule has 80 valence electrons. The van der Waals surface area contributed by atoms with E-state index in [1.165, 1.54) is 6.07 Å². The summed E-state index contributed by atoms with van der Waals surface area (Å²) in [5.74, 6) is -0.358. The maximum atomic E-state index is 13.7. The molecular formula is C12H9FNOP. The SMILES string of the molecule is O=Nc1ccccc1-c1ccc(P)cc1F. The van der Waals surface area contributed by atoms with Crippen LogP contribution in [-0.4, -0.2) is 0 Å². The van der Waals surface area contributed by atoms with Gasteiger partial charge in [0.1, 0.15) is 11.5 Å². The number of nitrogens with zero attached hydrogens (tertiary/aromatic N) is 1. The minimum Gasteiger partial charge on any atom is -0.206 e. The number of halogens is 1. The van der Waals surface area contributed by atoms with E-state index in [-0.39, 0.29) is 11.5 Å². The summed E-state index contributed by atoms with van der Waals surface area (Å²) < 4.78 is 13.7. The fourth-order valence-electron chi connectivity index (χ4n) is 1.53. The van der Waals surface area contributed by atoms with Crippen LogP contribution in [0.25, 0.3) is 11.1 Å². The van der Waals surface area contributed by atoms with Gasteiger partial charge >= 0.3 is 0 Å². The Bertz CT molecular complexity index is 542. The molecule has 4 heteroatoms. The standard InChI is InChI=1S/C12H9FNOP/c13-11-7-8(16)5-6-9(11)10-3-1-2-4-12(10)14-15/h1-7H,16H2. The number of rotatable bonds is 2. The molecule has 0 amide bonds. The smallest absolute Gasteiger partial charge is 0.131 e. The van der Waals surface area contributed by atoms with Gasteiger partial charge in [0.25, 0.3) is 0 Å². The van der Waals surface area contributed by atoms with Crippen LogP contribution in [0.1, 0.15) is 0 Å². The fraction of sp³-hybridized carbons (Fsp3) is 0. The maximum absolute atomic E-state index is 13.7. The summed E-state index contributed by atoms with van der Waals surface area (Å²) in [5, 5.41) is 3.65. The second kappa shape index (κ2) is 4.50. The van der Waals surface area contributed by atoms with Crippen molar-refractivity contribution in [1.82, 2.24) is 0 Å². The van der Waals surface area contributed by atoms with E-state index in [0.717, 1.165) is 5.30 Å². The number of hydrogen-bond acceptors (Lipinski definition) is 2. The van der Waals surface area contributed by atoms with Crippen molar-refractivity contribution in [1.29, 1.82) is 0 Å². The van der Waals surface area contributed by atoms with Gasteiger partial charge in [-0.15, -0.1) is 14.1 Å². The van der Waals surface area contributed by atoms with Crippen molar-refractivity contribution in [2.45, 2.75) is 0 Å². The first-order chi connectivity index (χ1) is 7.72. The van der Waals surface area contributed by atoms with Gasteiger partial charge in [-0.1, -0.05) is 30.3 Å². The predicted octanol–water partition coefficient (Wildman–Crippen LogP) is 3.39. The van der Waals surface area contributed by atoms with Gasteiger partial charge in [0.05, 0.1) is 0 Å². The first kappa shape index (κ1) is 10.9. The maximum Gasteiger partial charge on any atom is 0.131 e. The lowest BCUT2D eigenvalue weighted by molar-refractivity contribution is 0.632. The zero-order valence-corrected chi connectivity index (χ0v) is 9.51. The first-order valence-electron chi connectivity index (χ1n) is 4.70. The second-order valence-corrected chi connectivity index (χ2v) is 4.01. The Hall–Kier alpha value is -1.60. The number of nitroso groups, excluding NO2 is 1. The average molecular weight is 233 g/mol. The first-order valence-corrected chi connectivity index (χ1v) is 5.28. The van der Waals surface area contributed by atoms with Gasteiger partial charge in [-0.05, 0) is 22.6 Å². The van der Waals surface area contributed by atoms with Crippen molar-refractivity contribution in [3.05, 3.63) is 53.2 Å². The van der Waals surface area contributed by atoms with Crippen LogP contribution in [0.4, 0.5) is 10.1 Å². The van der Waals surface area contributed by atoms with Gasteiger partial charge in [0, 0.05) is 11.1 Å². The molecule has 1 atom stereocenters. The molecule has 0 spiro atoms. The molecule has 0 aliphatic rings. The highest BCUT2D eigenvalue weighted by Crippen LogP contribution is 2.31. The molecule has 0 saturated carbocycles. The van der Waals surface area contributed by atoms with Gasteiger partial charge in [-0.25, -0.2) is 4.39 Å². The molecule has 0 aliphatic carbocycles. The summed E-state index contributed by atoms with van der Waals surface area (Å²) >= 11 is 0. The lowest BCUT2D eigenvalue weighted by Gasteiger charge is -2.05. The molecular weight excluding hydrogens is 224 g/mol. The Labute approximate surface area is 94.7 Å². The highest BCUT2D eigenvalue weighted by Gasteiger charge is 2.09. The van der Waals surface area contributed by atoms with Crippen molar-refractivity contribution in [3.63, 3.8) is 0 Å². The summed E-state index contributed by atoms with van der Waals surface area (Å²) in [6, 6.07) is 11.5. The second-order valence-electron chi connectivity index (χ2n) is 3.35. The molecule has 2 aromatic carbocycles. The molecule has 0 aliphatic heterocycles. The van der Waals surface area contributed by atoms with E-state index < -0.39 is 0 Å². The quantitative estimate of drug-likeness (QED) is 0.577. The Balaban J connectivity index is 2.62. The molecule has 2 rings (SSSR count). The minimum absolute atomic E-state index is 0.248. The molecule has 0 fully saturated rings. The van der Waals surface area contributed by atoms with Crippen molar-refractivity contribution in [2.75, 3.05) is 0 Å². The predicted molar refractivity (Wildman–Crippen MR) is 66.6 cm³/mol.